The summed E-state index contributed by atoms with van der Waals surface area (Å²) >= 11 is 0. The van der Waals surface area contributed by atoms with Crippen LogP contribution in [0.1, 0.15) is 18.9 Å². The third-order valence-electron chi connectivity index (χ3n) is 2.32. The molecule has 1 rings (SSSR count). The van der Waals surface area contributed by atoms with E-state index in [4.69, 9.17) is 5.11 Å². The van der Waals surface area contributed by atoms with Crippen LogP contribution in [0.25, 0.3) is 0 Å². The van der Waals surface area contributed by atoms with Gasteiger partial charge < -0.3 is 10.2 Å². The van der Waals surface area contributed by atoms with Gasteiger partial charge in [0, 0.05) is 6.42 Å². The normalized spacial score (nSPS) is 14.7. The van der Waals surface area contributed by atoms with Gasteiger partial charge in [0.05, 0.1) is 0 Å². The SMILES string of the molecule is CC[C@@](O)(Cc1ccccc1)C(=O)O. The lowest BCUT2D eigenvalue weighted by Gasteiger charge is -2.21. The molecular formula is C11H14O3. The van der Waals surface area contributed by atoms with Gasteiger partial charge in [-0.05, 0) is 12.0 Å². The fraction of sp³-hybridized carbons (Fsp3) is 0.364. The third-order valence-corrected chi connectivity index (χ3v) is 2.32. The molecule has 76 valence electrons. The van der Waals surface area contributed by atoms with Crippen molar-refractivity contribution in [2.75, 3.05) is 0 Å². The summed E-state index contributed by atoms with van der Waals surface area (Å²) in [7, 11) is 0. The van der Waals surface area contributed by atoms with Crippen molar-refractivity contribution in [2.45, 2.75) is 25.4 Å². The molecule has 0 radical (unpaired) electrons. The first-order chi connectivity index (χ1) is 6.58. The summed E-state index contributed by atoms with van der Waals surface area (Å²) in [4.78, 5) is 10.8. The molecule has 0 spiro atoms. The maximum absolute atomic E-state index is 10.8. The molecule has 3 heteroatoms. The lowest BCUT2D eigenvalue weighted by atomic mass is 9.92. The van der Waals surface area contributed by atoms with Gasteiger partial charge in [-0.3, -0.25) is 0 Å². The molecule has 0 unspecified atom stereocenters. The molecule has 0 aliphatic heterocycles. The molecule has 0 bridgehead atoms. The minimum absolute atomic E-state index is 0.152. The van der Waals surface area contributed by atoms with Crippen LogP contribution in [0, 0.1) is 0 Å². The fourth-order valence-corrected chi connectivity index (χ4v) is 1.29. The van der Waals surface area contributed by atoms with Crippen LogP contribution in [0.15, 0.2) is 30.3 Å². The van der Waals surface area contributed by atoms with E-state index in [2.05, 4.69) is 0 Å². The topological polar surface area (TPSA) is 57.5 Å². The lowest BCUT2D eigenvalue weighted by Crippen LogP contribution is -2.40. The molecule has 0 aliphatic rings. The van der Waals surface area contributed by atoms with Crippen LogP contribution < -0.4 is 0 Å². The van der Waals surface area contributed by atoms with Crippen LogP contribution >= 0.6 is 0 Å². The Kier molecular flexibility index (Phi) is 3.25. The Morgan fingerprint density at radius 2 is 1.93 bits per heavy atom. The average Bonchev–Trinajstić information content (AvgIpc) is 2.19. The number of carboxylic acids is 1. The van der Waals surface area contributed by atoms with Crippen LogP contribution in [0.3, 0.4) is 0 Å². The average molecular weight is 194 g/mol. The van der Waals surface area contributed by atoms with Crippen molar-refractivity contribution in [3.8, 4) is 0 Å². The van der Waals surface area contributed by atoms with Crippen molar-refractivity contribution in [2.24, 2.45) is 0 Å². The molecule has 14 heavy (non-hydrogen) atoms. The highest BCUT2D eigenvalue weighted by Crippen LogP contribution is 2.17. The lowest BCUT2D eigenvalue weighted by molar-refractivity contribution is -0.158. The summed E-state index contributed by atoms with van der Waals surface area (Å²) in [5, 5.41) is 18.6. The first-order valence-electron chi connectivity index (χ1n) is 4.58. The second kappa shape index (κ2) is 4.24. The van der Waals surface area contributed by atoms with Crippen molar-refractivity contribution < 1.29 is 15.0 Å². The summed E-state index contributed by atoms with van der Waals surface area (Å²) in [6.07, 6.45) is 0.358. The molecule has 0 fully saturated rings. The van der Waals surface area contributed by atoms with Crippen molar-refractivity contribution in [3.05, 3.63) is 35.9 Å². The monoisotopic (exact) mass is 194 g/mol. The standard InChI is InChI=1S/C11H14O3/c1-2-11(14,10(12)13)8-9-6-4-3-5-7-9/h3-7,14H,2,8H2,1H3,(H,12,13)/t11-/m1/s1. The highest BCUT2D eigenvalue weighted by atomic mass is 16.4. The number of carboxylic acid groups (broad SMARTS) is 1. The number of aliphatic hydroxyl groups is 1. The Morgan fingerprint density at radius 1 is 1.36 bits per heavy atom. The molecule has 0 saturated carbocycles. The predicted molar refractivity (Wildman–Crippen MR) is 53.0 cm³/mol. The molecule has 1 aromatic carbocycles. The van der Waals surface area contributed by atoms with Gasteiger partial charge in [-0.25, -0.2) is 4.79 Å². The molecule has 2 N–H and O–H groups in total. The van der Waals surface area contributed by atoms with E-state index in [0.717, 1.165) is 5.56 Å². The first kappa shape index (κ1) is 10.7. The Labute approximate surface area is 83.0 Å². The molecule has 1 atom stereocenters. The van der Waals surface area contributed by atoms with Crippen molar-refractivity contribution in [3.63, 3.8) is 0 Å². The van der Waals surface area contributed by atoms with E-state index in [-0.39, 0.29) is 12.8 Å². The summed E-state index contributed by atoms with van der Waals surface area (Å²) in [5.41, 5.74) is -0.805. The quantitative estimate of drug-likeness (QED) is 0.762. The smallest absolute Gasteiger partial charge is 0.336 e. The summed E-state index contributed by atoms with van der Waals surface area (Å²) in [6, 6.07) is 9.13. The first-order valence-corrected chi connectivity index (χ1v) is 4.58. The van der Waals surface area contributed by atoms with Gasteiger partial charge in [0.2, 0.25) is 0 Å². The minimum Gasteiger partial charge on any atom is -0.479 e. The molecule has 0 aromatic heterocycles. The highest BCUT2D eigenvalue weighted by Gasteiger charge is 2.33. The summed E-state index contributed by atoms with van der Waals surface area (Å²) in [5.74, 6) is -1.16. The second-order valence-electron chi connectivity index (χ2n) is 3.35. The van der Waals surface area contributed by atoms with Crippen LogP contribution in [0.4, 0.5) is 0 Å². The number of aliphatic carboxylic acids is 1. The van der Waals surface area contributed by atoms with Gasteiger partial charge in [0.15, 0.2) is 5.60 Å². The van der Waals surface area contributed by atoms with E-state index < -0.39 is 11.6 Å². The zero-order chi connectivity index (χ0) is 10.6. The van der Waals surface area contributed by atoms with Crippen LogP contribution in [0.2, 0.25) is 0 Å². The number of benzene rings is 1. The summed E-state index contributed by atoms with van der Waals surface area (Å²) < 4.78 is 0. The largest absolute Gasteiger partial charge is 0.479 e. The van der Waals surface area contributed by atoms with Crippen molar-refractivity contribution >= 4 is 5.97 Å². The number of hydrogen-bond donors (Lipinski definition) is 2. The van der Waals surface area contributed by atoms with Crippen LogP contribution in [-0.2, 0) is 11.2 Å². The predicted octanol–water partition coefficient (Wildman–Crippen LogP) is 1.45. The van der Waals surface area contributed by atoms with Crippen molar-refractivity contribution in [1.29, 1.82) is 0 Å². The second-order valence-corrected chi connectivity index (χ2v) is 3.35. The van der Waals surface area contributed by atoms with Crippen LogP contribution in [0.5, 0.6) is 0 Å². The highest BCUT2D eigenvalue weighted by molar-refractivity contribution is 5.77. The molecule has 0 amide bonds. The maximum atomic E-state index is 10.8. The van der Waals surface area contributed by atoms with Crippen LogP contribution in [-0.4, -0.2) is 21.8 Å². The molecule has 3 nitrogen and oxygen atoms in total. The number of carbonyl (C=O) groups is 1. The zero-order valence-corrected chi connectivity index (χ0v) is 8.10. The number of hydrogen-bond acceptors (Lipinski definition) is 2. The van der Waals surface area contributed by atoms with E-state index in [0.29, 0.717) is 0 Å². The number of rotatable bonds is 4. The molecule has 1 aromatic rings. The van der Waals surface area contributed by atoms with Gasteiger partial charge in [0.1, 0.15) is 0 Å². The molecular weight excluding hydrogens is 180 g/mol. The fourth-order valence-electron chi connectivity index (χ4n) is 1.29. The third kappa shape index (κ3) is 2.33. The van der Waals surface area contributed by atoms with Gasteiger partial charge in [-0.2, -0.15) is 0 Å². The molecule has 0 heterocycles. The Bertz CT molecular complexity index is 308. The van der Waals surface area contributed by atoms with Gasteiger partial charge >= 0.3 is 5.97 Å². The Morgan fingerprint density at radius 3 is 2.36 bits per heavy atom. The minimum atomic E-state index is -1.64. The van der Waals surface area contributed by atoms with Gasteiger partial charge in [0.25, 0.3) is 0 Å². The van der Waals surface area contributed by atoms with E-state index in [1.165, 1.54) is 0 Å². The summed E-state index contributed by atoms with van der Waals surface area (Å²) in [6.45, 7) is 1.66. The molecule has 0 aliphatic carbocycles. The zero-order valence-electron chi connectivity index (χ0n) is 8.10. The van der Waals surface area contributed by atoms with E-state index >= 15 is 0 Å². The van der Waals surface area contributed by atoms with E-state index in [1.54, 1.807) is 6.92 Å². The van der Waals surface area contributed by atoms with Gasteiger partial charge in [-0.15, -0.1) is 0 Å². The molecule has 0 saturated heterocycles. The van der Waals surface area contributed by atoms with E-state index in [9.17, 15) is 9.90 Å². The van der Waals surface area contributed by atoms with E-state index in [1.807, 2.05) is 30.3 Å². The Balaban J connectivity index is 2.81. The van der Waals surface area contributed by atoms with Gasteiger partial charge in [-0.1, -0.05) is 37.3 Å². The van der Waals surface area contributed by atoms with Crippen molar-refractivity contribution in [1.82, 2.24) is 0 Å². The Hall–Kier alpha value is -1.35. The maximum Gasteiger partial charge on any atom is 0.336 e.